The van der Waals surface area contributed by atoms with E-state index in [4.69, 9.17) is 9.57 Å². The predicted molar refractivity (Wildman–Crippen MR) is 129 cm³/mol. The van der Waals surface area contributed by atoms with Gasteiger partial charge >= 0.3 is 5.97 Å². The number of fused-ring (bicyclic) bond motifs is 5. The summed E-state index contributed by atoms with van der Waals surface area (Å²) in [7, 11) is 1.28. The third kappa shape index (κ3) is 4.10. The summed E-state index contributed by atoms with van der Waals surface area (Å²) in [5, 5.41) is 24.8. The van der Waals surface area contributed by atoms with Crippen molar-refractivity contribution in [2.75, 3.05) is 20.3 Å². The van der Waals surface area contributed by atoms with Gasteiger partial charge in [-0.2, -0.15) is 0 Å². The molecule has 8 heteroatoms. The van der Waals surface area contributed by atoms with Crippen molar-refractivity contribution >= 4 is 17.6 Å². The molecule has 8 nitrogen and oxygen atoms in total. The topological polar surface area (TPSA) is 109 Å². The molecule has 8 atom stereocenters. The van der Waals surface area contributed by atoms with E-state index in [1.165, 1.54) is 30.4 Å². The monoisotopic (exact) mass is 488 g/mol. The van der Waals surface area contributed by atoms with Gasteiger partial charge in [0.1, 0.15) is 6.04 Å². The van der Waals surface area contributed by atoms with Crippen LogP contribution in [0.1, 0.15) is 71.6 Å². The van der Waals surface area contributed by atoms with Crippen LogP contribution in [0, 0.1) is 28.6 Å². The first-order valence-electron chi connectivity index (χ1n) is 13.3. The minimum atomic E-state index is -0.773. The van der Waals surface area contributed by atoms with Gasteiger partial charge in [0.25, 0.3) is 5.91 Å². The fourth-order valence-corrected chi connectivity index (χ4v) is 8.32. The summed E-state index contributed by atoms with van der Waals surface area (Å²) in [6.07, 6.45) is 9.99. The molecule has 0 bridgehead atoms. The number of carbonyl (C=O) groups is 2. The van der Waals surface area contributed by atoms with Crippen molar-refractivity contribution < 1.29 is 29.4 Å². The lowest BCUT2D eigenvalue weighted by atomic mass is 9.47. The van der Waals surface area contributed by atoms with Crippen molar-refractivity contribution in [3.8, 4) is 0 Å². The maximum atomic E-state index is 12.6. The number of carbonyl (C=O) groups excluding carboxylic acids is 2. The minimum Gasteiger partial charge on any atom is -0.467 e. The highest BCUT2D eigenvalue weighted by atomic mass is 16.6. The normalized spacial score (nSPS) is 43.7. The molecule has 4 fully saturated rings. The number of amides is 1. The summed E-state index contributed by atoms with van der Waals surface area (Å²) in [4.78, 5) is 31.3. The van der Waals surface area contributed by atoms with Gasteiger partial charge in [-0.1, -0.05) is 24.6 Å². The molecule has 0 aromatic heterocycles. The van der Waals surface area contributed by atoms with Crippen LogP contribution in [-0.2, 0) is 19.2 Å². The van der Waals surface area contributed by atoms with Gasteiger partial charge in [0.15, 0.2) is 6.61 Å². The van der Waals surface area contributed by atoms with Gasteiger partial charge in [0.05, 0.1) is 25.0 Å². The zero-order valence-corrected chi connectivity index (χ0v) is 21.2. The highest BCUT2D eigenvalue weighted by Gasteiger charge is 2.58. The first-order chi connectivity index (χ1) is 16.7. The van der Waals surface area contributed by atoms with Gasteiger partial charge in [-0.25, -0.2) is 4.79 Å². The quantitative estimate of drug-likeness (QED) is 0.465. The molecule has 6 unspecified atom stereocenters. The second kappa shape index (κ2) is 9.18. The molecule has 1 aliphatic heterocycles. The molecule has 0 radical (unpaired) electrons. The number of methoxy groups -OCH3 is 1. The van der Waals surface area contributed by atoms with E-state index in [0.717, 1.165) is 44.2 Å². The van der Waals surface area contributed by atoms with Crippen LogP contribution < -0.4 is 0 Å². The first kappa shape index (κ1) is 24.8. The Morgan fingerprint density at radius 2 is 1.91 bits per heavy atom. The first-order valence-corrected chi connectivity index (χ1v) is 13.3. The van der Waals surface area contributed by atoms with Crippen molar-refractivity contribution in [2.45, 2.75) is 89.9 Å². The molecule has 1 heterocycles. The van der Waals surface area contributed by atoms with E-state index in [0.29, 0.717) is 17.8 Å². The number of esters is 1. The average Bonchev–Trinajstić information content (AvgIpc) is 3.38. The Bertz CT molecular complexity index is 933. The highest BCUT2D eigenvalue weighted by Crippen LogP contribution is 2.65. The fraction of sp³-hybridized carbons (Fsp3) is 0.815. The van der Waals surface area contributed by atoms with E-state index in [1.807, 2.05) is 0 Å². The van der Waals surface area contributed by atoms with Crippen LogP contribution in [0.3, 0.4) is 0 Å². The van der Waals surface area contributed by atoms with Crippen LogP contribution >= 0.6 is 0 Å². The van der Waals surface area contributed by atoms with Gasteiger partial charge < -0.3 is 24.7 Å². The van der Waals surface area contributed by atoms with E-state index >= 15 is 0 Å². The molecule has 1 amide bonds. The summed E-state index contributed by atoms with van der Waals surface area (Å²) < 4.78 is 4.76. The molecular formula is C27H40N2O6. The number of β-amino-alcohol motifs (C(OH)–C–C–N with tert-alkyl or cyclic N) is 1. The standard InChI is InChI=1S/C27H40N2O6/c1-26-10-8-17(28-35-15-24(32)29-14-18(30)13-22(29)25(33)34-3)12-16(26)4-5-19-20-6-7-23(31)27(20,2)11-9-21(19)26/h12,18-23,30-31H,4-11,13-15H2,1-3H3/b28-17+/t18?,19?,20?,21?,22?,23?,26-,27-/m0/s1. The summed E-state index contributed by atoms with van der Waals surface area (Å²) >= 11 is 0. The van der Waals surface area contributed by atoms with Crippen LogP contribution in [0.4, 0.5) is 0 Å². The third-order valence-electron chi connectivity index (χ3n) is 10.4. The number of aliphatic hydroxyl groups is 2. The third-order valence-corrected chi connectivity index (χ3v) is 10.4. The molecule has 5 rings (SSSR count). The zero-order chi connectivity index (χ0) is 25.0. The van der Waals surface area contributed by atoms with E-state index in [1.54, 1.807) is 0 Å². The van der Waals surface area contributed by atoms with Crippen LogP contribution in [0.2, 0.25) is 0 Å². The van der Waals surface area contributed by atoms with E-state index in [2.05, 4.69) is 25.1 Å². The van der Waals surface area contributed by atoms with Crippen molar-refractivity contribution in [2.24, 2.45) is 33.7 Å². The average molecular weight is 489 g/mol. The van der Waals surface area contributed by atoms with Gasteiger partial charge in [-0.3, -0.25) is 4.79 Å². The molecule has 35 heavy (non-hydrogen) atoms. The maximum absolute atomic E-state index is 12.6. The molecule has 5 aliphatic rings. The molecular weight excluding hydrogens is 448 g/mol. The number of allylic oxidation sites excluding steroid dienone is 2. The number of rotatable bonds is 4. The lowest BCUT2D eigenvalue weighted by Crippen LogP contribution is -2.51. The highest BCUT2D eigenvalue weighted by molar-refractivity contribution is 5.96. The second-order valence-electron chi connectivity index (χ2n) is 12.0. The molecule has 0 aromatic carbocycles. The van der Waals surface area contributed by atoms with Gasteiger partial charge in [-0.15, -0.1) is 0 Å². The van der Waals surface area contributed by atoms with Crippen molar-refractivity contribution in [3.05, 3.63) is 11.6 Å². The van der Waals surface area contributed by atoms with Gasteiger partial charge in [0.2, 0.25) is 0 Å². The molecule has 4 aliphatic carbocycles. The Morgan fingerprint density at radius 3 is 2.69 bits per heavy atom. The van der Waals surface area contributed by atoms with Gasteiger partial charge in [0, 0.05) is 13.0 Å². The number of oxime groups is 1. The number of aliphatic hydroxyl groups excluding tert-OH is 2. The number of hydrogen-bond acceptors (Lipinski definition) is 7. The van der Waals surface area contributed by atoms with Gasteiger partial charge in [-0.05, 0) is 86.0 Å². The van der Waals surface area contributed by atoms with Crippen molar-refractivity contribution in [1.29, 1.82) is 0 Å². The number of hydrogen-bond donors (Lipinski definition) is 2. The molecule has 0 spiro atoms. The molecule has 194 valence electrons. The summed E-state index contributed by atoms with van der Waals surface area (Å²) in [5.74, 6) is 1.09. The minimum absolute atomic E-state index is 0.0959. The van der Waals surface area contributed by atoms with E-state index < -0.39 is 18.1 Å². The Morgan fingerprint density at radius 1 is 1.11 bits per heavy atom. The molecule has 3 saturated carbocycles. The molecule has 0 aromatic rings. The molecule has 2 N–H and O–H groups in total. The Labute approximate surface area is 207 Å². The zero-order valence-electron chi connectivity index (χ0n) is 21.2. The number of nitrogens with zero attached hydrogens (tertiary/aromatic N) is 2. The number of ether oxygens (including phenoxy) is 1. The fourth-order valence-electron chi connectivity index (χ4n) is 8.32. The van der Waals surface area contributed by atoms with Crippen molar-refractivity contribution in [3.63, 3.8) is 0 Å². The van der Waals surface area contributed by atoms with Crippen LogP contribution in [0.5, 0.6) is 0 Å². The second-order valence-corrected chi connectivity index (χ2v) is 12.0. The summed E-state index contributed by atoms with van der Waals surface area (Å²) in [6, 6.07) is -0.773. The SMILES string of the molecule is COC(=O)C1CC(O)CN1C(=O)CO/N=C1/C=C2CCC3C4CCC(O)[C@@]4(C)CCC3[C@@]2(C)CC1. The smallest absolute Gasteiger partial charge is 0.328 e. The van der Waals surface area contributed by atoms with Crippen LogP contribution in [-0.4, -0.2) is 71.2 Å². The Kier molecular flexibility index (Phi) is 6.49. The lowest BCUT2D eigenvalue weighted by molar-refractivity contribution is -0.152. The summed E-state index contributed by atoms with van der Waals surface area (Å²) in [6.45, 7) is 4.58. The summed E-state index contributed by atoms with van der Waals surface area (Å²) in [5.41, 5.74) is 2.59. The van der Waals surface area contributed by atoms with Crippen LogP contribution in [0.25, 0.3) is 0 Å². The van der Waals surface area contributed by atoms with E-state index in [-0.39, 0.29) is 42.4 Å². The van der Waals surface area contributed by atoms with Crippen LogP contribution in [0.15, 0.2) is 16.8 Å². The molecule has 1 saturated heterocycles. The maximum Gasteiger partial charge on any atom is 0.328 e. The Balaban J connectivity index is 1.23. The van der Waals surface area contributed by atoms with E-state index in [9.17, 15) is 19.8 Å². The Hall–Kier alpha value is -1.93. The number of likely N-dealkylation sites (tertiary alicyclic amines) is 1. The predicted octanol–water partition coefficient (Wildman–Crippen LogP) is 2.82. The largest absolute Gasteiger partial charge is 0.467 e. The van der Waals surface area contributed by atoms with Crippen molar-refractivity contribution in [1.82, 2.24) is 4.90 Å². The lowest BCUT2D eigenvalue weighted by Gasteiger charge is -2.57.